The van der Waals surface area contributed by atoms with E-state index in [1.807, 2.05) is 0 Å². The standard InChI is InChI=1S/C34H33N2/c1-19-8-11-24-21(3)31-29(20(2)27(24)16-19)33-30-23(14-15-35(33)7)10-13-26-25-12-9-22(18-34(4,5)6)17-28(25)36(31)32(26)30/h8-17H,18H2,1-7H3/q+1. The van der Waals surface area contributed by atoms with Gasteiger partial charge in [0, 0.05) is 16.8 Å². The maximum absolute atomic E-state index is 2.60. The second-order valence-corrected chi connectivity index (χ2v) is 12.1. The van der Waals surface area contributed by atoms with Gasteiger partial charge in [0.05, 0.1) is 27.3 Å². The molecule has 0 bridgehead atoms. The van der Waals surface area contributed by atoms with Gasteiger partial charge >= 0.3 is 0 Å². The molecule has 2 nitrogen and oxygen atoms in total. The predicted molar refractivity (Wildman–Crippen MR) is 155 cm³/mol. The minimum absolute atomic E-state index is 0.244. The van der Waals surface area contributed by atoms with Crippen LogP contribution in [0.3, 0.4) is 0 Å². The van der Waals surface area contributed by atoms with Gasteiger partial charge < -0.3 is 4.40 Å². The lowest BCUT2D eigenvalue weighted by atomic mass is 9.88. The van der Waals surface area contributed by atoms with Crippen molar-refractivity contribution < 1.29 is 4.57 Å². The molecule has 0 radical (unpaired) electrons. The number of nitrogens with zero attached hydrogens (tertiary/aromatic N) is 2. The first-order valence-corrected chi connectivity index (χ1v) is 13.1. The summed E-state index contributed by atoms with van der Waals surface area (Å²) in [5, 5.41) is 9.46. The first-order chi connectivity index (χ1) is 17.1. The van der Waals surface area contributed by atoms with Gasteiger partial charge in [-0.2, -0.15) is 0 Å². The smallest absolute Gasteiger partial charge is 0.224 e. The van der Waals surface area contributed by atoms with Crippen LogP contribution >= 0.6 is 0 Å². The molecule has 0 atom stereocenters. The molecule has 0 saturated heterocycles. The van der Waals surface area contributed by atoms with Crippen LogP contribution in [0.2, 0.25) is 0 Å². The number of aryl methyl sites for hydroxylation is 4. The number of hydrogen-bond donors (Lipinski definition) is 0. The zero-order chi connectivity index (χ0) is 25.1. The van der Waals surface area contributed by atoms with Crippen molar-refractivity contribution in [3.05, 3.63) is 83.0 Å². The van der Waals surface area contributed by atoms with Crippen molar-refractivity contribution >= 4 is 59.8 Å². The van der Waals surface area contributed by atoms with E-state index < -0.39 is 0 Å². The first-order valence-electron chi connectivity index (χ1n) is 13.1. The Balaban J connectivity index is 1.84. The van der Waals surface area contributed by atoms with E-state index in [4.69, 9.17) is 0 Å². The summed E-state index contributed by atoms with van der Waals surface area (Å²) in [5.41, 5.74) is 11.0. The monoisotopic (exact) mass is 469 g/mol. The molecule has 7 aromatic rings. The van der Waals surface area contributed by atoms with E-state index in [1.165, 1.54) is 82.0 Å². The number of hydrogen-bond acceptors (Lipinski definition) is 0. The van der Waals surface area contributed by atoms with Crippen LogP contribution in [-0.2, 0) is 13.5 Å². The van der Waals surface area contributed by atoms with E-state index in [2.05, 4.69) is 118 Å². The van der Waals surface area contributed by atoms with Gasteiger partial charge in [0.2, 0.25) is 5.52 Å². The summed E-state index contributed by atoms with van der Waals surface area (Å²) < 4.78 is 4.93. The van der Waals surface area contributed by atoms with E-state index in [0.717, 1.165) is 6.42 Å². The summed E-state index contributed by atoms with van der Waals surface area (Å²) in [6.07, 6.45) is 3.29. The SMILES string of the molecule is Cc1ccc2c(C)c3c(c(C)c2c1)c1c2c(ccc4c5ccc(CC(C)(C)C)cc5n3c42)cc[n+]1C. The maximum Gasteiger partial charge on any atom is 0.224 e. The third-order valence-corrected chi connectivity index (χ3v) is 8.24. The number of fused-ring (bicyclic) bond motifs is 7. The van der Waals surface area contributed by atoms with Gasteiger partial charge in [0.15, 0.2) is 6.20 Å². The summed E-state index contributed by atoms with van der Waals surface area (Å²) in [6.45, 7) is 13.8. The Morgan fingerprint density at radius 2 is 1.47 bits per heavy atom. The van der Waals surface area contributed by atoms with Gasteiger partial charge in [-0.1, -0.05) is 68.8 Å². The quantitative estimate of drug-likeness (QED) is 0.129. The third-order valence-electron chi connectivity index (χ3n) is 8.24. The van der Waals surface area contributed by atoms with Crippen molar-refractivity contribution in [3.63, 3.8) is 0 Å². The molecule has 0 N–H and O–H groups in total. The Morgan fingerprint density at radius 3 is 2.25 bits per heavy atom. The van der Waals surface area contributed by atoms with Gasteiger partial charge in [0.25, 0.3) is 0 Å². The predicted octanol–water partition coefficient (Wildman–Crippen LogP) is 8.48. The molecular formula is C34H33N2+. The summed E-state index contributed by atoms with van der Waals surface area (Å²) in [6, 6.07) is 21.0. The van der Waals surface area contributed by atoms with Crippen LogP contribution in [0.4, 0.5) is 0 Å². The molecule has 178 valence electrons. The summed E-state index contributed by atoms with van der Waals surface area (Å²) in [7, 11) is 2.20. The maximum atomic E-state index is 2.60. The minimum atomic E-state index is 0.244. The van der Waals surface area contributed by atoms with Gasteiger partial charge in [-0.05, 0) is 71.5 Å². The Hall–Kier alpha value is -3.65. The van der Waals surface area contributed by atoms with Crippen molar-refractivity contribution in [3.8, 4) is 0 Å². The summed E-state index contributed by atoms with van der Waals surface area (Å²) >= 11 is 0. The Bertz CT molecular complexity index is 2030. The molecule has 0 unspecified atom stereocenters. The van der Waals surface area contributed by atoms with E-state index >= 15 is 0 Å². The highest BCUT2D eigenvalue weighted by Crippen LogP contribution is 2.44. The van der Waals surface area contributed by atoms with Crippen LogP contribution in [0.5, 0.6) is 0 Å². The highest BCUT2D eigenvalue weighted by atomic mass is 15.0. The highest BCUT2D eigenvalue weighted by molar-refractivity contribution is 6.28. The Morgan fingerprint density at radius 1 is 0.722 bits per heavy atom. The van der Waals surface area contributed by atoms with E-state index in [0.29, 0.717) is 0 Å². The molecule has 2 heteroatoms. The van der Waals surface area contributed by atoms with Crippen molar-refractivity contribution in [1.82, 2.24) is 4.40 Å². The Kier molecular flexibility index (Phi) is 4.19. The van der Waals surface area contributed by atoms with E-state index in [1.54, 1.807) is 0 Å². The average molecular weight is 470 g/mol. The van der Waals surface area contributed by atoms with Crippen LogP contribution in [-0.4, -0.2) is 4.40 Å². The van der Waals surface area contributed by atoms with Crippen LogP contribution in [0.25, 0.3) is 59.8 Å². The molecule has 3 heterocycles. The average Bonchev–Trinajstić information content (AvgIpc) is 3.15. The second kappa shape index (κ2) is 6.97. The molecule has 0 amide bonds. The van der Waals surface area contributed by atoms with Crippen molar-refractivity contribution in [2.75, 3.05) is 0 Å². The molecule has 0 aliphatic rings. The van der Waals surface area contributed by atoms with E-state index in [9.17, 15) is 0 Å². The van der Waals surface area contributed by atoms with Gasteiger partial charge in [-0.25, -0.2) is 4.57 Å². The van der Waals surface area contributed by atoms with Crippen molar-refractivity contribution in [2.24, 2.45) is 12.5 Å². The molecule has 0 saturated carbocycles. The van der Waals surface area contributed by atoms with Gasteiger partial charge in [0.1, 0.15) is 7.05 Å². The topological polar surface area (TPSA) is 8.29 Å². The van der Waals surface area contributed by atoms with Gasteiger partial charge in [-0.15, -0.1) is 0 Å². The zero-order valence-corrected chi connectivity index (χ0v) is 22.4. The van der Waals surface area contributed by atoms with Crippen molar-refractivity contribution in [1.29, 1.82) is 0 Å². The number of benzene rings is 4. The van der Waals surface area contributed by atoms with Crippen molar-refractivity contribution in [2.45, 2.75) is 48.0 Å². The lowest BCUT2D eigenvalue weighted by molar-refractivity contribution is -0.643. The molecule has 0 aliphatic carbocycles. The fraction of sp³-hybridized carbons (Fsp3) is 0.265. The normalized spacial score (nSPS) is 13.0. The lowest BCUT2D eigenvalue weighted by Crippen LogP contribution is -2.29. The first kappa shape index (κ1) is 21.6. The number of pyridine rings is 2. The number of rotatable bonds is 1. The molecule has 0 fully saturated rings. The molecule has 0 spiro atoms. The molecule has 7 rings (SSSR count). The molecule has 3 aromatic heterocycles. The van der Waals surface area contributed by atoms with Crippen LogP contribution in [0, 0.1) is 26.2 Å². The largest absolute Gasteiger partial charge is 0.307 e. The van der Waals surface area contributed by atoms with Crippen LogP contribution in [0.1, 0.15) is 43.0 Å². The van der Waals surface area contributed by atoms with Crippen LogP contribution in [0.15, 0.2) is 60.8 Å². The second-order valence-electron chi connectivity index (χ2n) is 12.1. The fourth-order valence-corrected chi connectivity index (χ4v) is 6.75. The molecular weight excluding hydrogens is 436 g/mol. The summed E-state index contributed by atoms with van der Waals surface area (Å²) in [5.74, 6) is 0. The molecule has 36 heavy (non-hydrogen) atoms. The minimum Gasteiger partial charge on any atom is -0.307 e. The lowest BCUT2D eigenvalue weighted by Gasteiger charge is -2.19. The third kappa shape index (κ3) is 2.76. The van der Waals surface area contributed by atoms with Gasteiger partial charge in [-0.3, -0.25) is 0 Å². The number of aromatic nitrogens is 2. The van der Waals surface area contributed by atoms with E-state index in [-0.39, 0.29) is 5.41 Å². The Labute approximate surface area is 212 Å². The highest BCUT2D eigenvalue weighted by Gasteiger charge is 2.26. The zero-order valence-electron chi connectivity index (χ0n) is 22.4. The molecule has 0 aliphatic heterocycles. The summed E-state index contributed by atoms with van der Waals surface area (Å²) in [4.78, 5) is 0. The van der Waals surface area contributed by atoms with Crippen LogP contribution < -0.4 is 4.57 Å². The molecule has 4 aromatic carbocycles. The fourth-order valence-electron chi connectivity index (χ4n) is 6.75.